The summed E-state index contributed by atoms with van der Waals surface area (Å²) in [6.07, 6.45) is -0.886. The average Bonchev–Trinajstić information content (AvgIpc) is 3.09. The number of benzene rings is 1. The van der Waals surface area contributed by atoms with E-state index >= 15 is 0 Å². The quantitative estimate of drug-likeness (QED) is 0.697. The van der Waals surface area contributed by atoms with Gasteiger partial charge in [0.1, 0.15) is 5.82 Å². The molecule has 9 heteroatoms. The molecule has 1 saturated heterocycles. The van der Waals surface area contributed by atoms with Crippen LogP contribution in [0.2, 0.25) is 0 Å². The molecule has 0 N–H and O–H groups in total. The van der Waals surface area contributed by atoms with Gasteiger partial charge in [0.15, 0.2) is 5.49 Å². The van der Waals surface area contributed by atoms with Gasteiger partial charge in [0.25, 0.3) is 5.91 Å². The largest absolute Gasteiger partial charge is 0.416 e. The highest BCUT2D eigenvalue weighted by Gasteiger charge is 2.42. The van der Waals surface area contributed by atoms with Gasteiger partial charge >= 0.3 is 6.18 Å². The van der Waals surface area contributed by atoms with Gasteiger partial charge in [-0.1, -0.05) is 6.92 Å². The van der Waals surface area contributed by atoms with Gasteiger partial charge in [-0.2, -0.15) is 18.2 Å². The van der Waals surface area contributed by atoms with Crippen LogP contribution in [0.5, 0.6) is 0 Å². The Kier molecular flexibility index (Phi) is 5.12. The van der Waals surface area contributed by atoms with Crippen molar-refractivity contribution in [3.05, 3.63) is 52.4 Å². The lowest BCUT2D eigenvalue weighted by Crippen LogP contribution is -2.30. The Morgan fingerprint density at radius 2 is 2.03 bits per heavy atom. The molecule has 2 aliphatic rings. The molecular formula is C21H23F4N3O2. The van der Waals surface area contributed by atoms with E-state index in [0.717, 1.165) is 31.4 Å². The van der Waals surface area contributed by atoms with Gasteiger partial charge in [-0.05, 0) is 43.9 Å². The smallest absolute Gasteiger partial charge is 0.376 e. The zero-order chi connectivity index (χ0) is 21.7. The Balaban J connectivity index is 1.76. The third-order valence-corrected chi connectivity index (χ3v) is 6.00. The van der Waals surface area contributed by atoms with Crippen LogP contribution in [-0.2, 0) is 29.9 Å². The zero-order valence-corrected chi connectivity index (χ0v) is 16.8. The number of carbonyl (C=O) groups excluding carboxylic acids is 1. The van der Waals surface area contributed by atoms with Gasteiger partial charge in [-0.15, -0.1) is 0 Å². The van der Waals surface area contributed by atoms with E-state index in [4.69, 9.17) is 4.74 Å². The van der Waals surface area contributed by atoms with E-state index in [1.807, 2.05) is 11.7 Å². The predicted octanol–water partition coefficient (Wildman–Crippen LogP) is 3.96. The van der Waals surface area contributed by atoms with Crippen LogP contribution < -0.4 is 5.49 Å². The summed E-state index contributed by atoms with van der Waals surface area (Å²) in [5.41, 5.74) is -0.536. The van der Waals surface area contributed by atoms with Crippen molar-refractivity contribution in [2.24, 2.45) is 12.0 Å². The number of nitrogens with zero attached hydrogens (tertiary/aromatic N) is 3. The number of amides is 1. The number of halogens is 4. The molecule has 1 aliphatic carbocycles. The highest BCUT2D eigenvalue weighted by Crippen LogP contribution is 2.47. The molecule has 1 aliphatic heterocycles. The molecule has 2 fully saturated rings. The van der Waals surface area contributed by atoms with Crippen molar-refractivity contribution >= 4 is 5.91 Å². The van der Waals surface area contributed by atoms with Crippen LogP contribution in [0, 0.1) is 5.82 Å². The summed E-state index contributed by atoms with van der Waals surface area (Å²) >= 11 is 0. The van der Waals surface area contributed by atoms with Crippen molar-refractivity contribution < 1.29 is 27.1 Å². The summed E-state index contributed by atoms with van der Waals surface area (Å²) in [7, 11) is 1.86. The number of alkyl halides is 3. The minimum atomic E-state index is -4.68. The van der Waals surface area contributed by atoms with Crippen molar-refractivity contribution in [1.29, 1.82) is 0 Å². The van der Waals surface area contributed by atoms with E-state index in [1.165, 1.54) is 0 Å². The maximum Gasteiger partial charge on any atom is 0.416 e. The molecule has 0 spiro atoms. The SMILES string of the molecule is Cn1c(C2(C)CC2)c/c(=N/C(=O)c2cc(C(F)(F)F)ccc2F)n1CC1CCCO1. The van der Waals surface area contributed by atoms with Gasteiger partial charge in [0.05, 0.1) is 23.8 Å². The van der Waals surface area contributed by atoms with Gasteiger partial charge in [-0.25, -0.2) is 4.39 Å². The van der Waals surface area contributed by atoms with E-state index in [1.54, 1.807) is 10.7 Å². The molecule has 5 nitrogen and oxygen atoms in total. The number of aromatic nitrogens is 2. The average molecular weight is 425 g/mol. The maximum absolute atomic E-state index is 14.1. The lowest BCUT2D eigenvalue weighted by Gasteiger charge is -2.17. The third-order valence-electron chi connectivity index (χ3n) is 6.00. The summed E-state index contributed by atoms with van der Waals surface area (Å²) in [4.78, 5) is 16.7. The van der Waals surface area contributed by atoms with Gasteiger partial charge in [-0.3, -0.25) is 14.2 Å². The molecule has 2 aromatic rings. The summed E-state index contributed by atoms with van der Waals surface area (Å²) < 4.78 is 62.5. The second-order valence-corrected chi connectivity index (χ2v) is 8.30. The van der Waals surface area contributed by atoms with Crippen LogP contribution in [0.25, 0.3) is 0 Å². The molecule has 1 saturated carbocycles. The fraction of sp³-hybridized carbons (Fsp3) is 0.524. The summed E-state index contributed by atoms with van der Waals surface area (Å²) in [6.45, 7) is 3.24. The van der Waals surface area contributed by atoms with E-state index in [0.29, 0.717) is 31.4 Å². The fourth-order valence-electron chi connectivity index (χ4n) is 3.90. The number of rotatable bonds is 4. The molecule has 0 bridgehead atoms. The topological polar surface area (TPSA) is 48.5 Å². The minimum absolute atomic E-state index is 0.0225. The Labute approximate surface area is 171 Å². The van der Waals surface area contributed by atoms with E-state index < -0.39 is 29.0 Å². The standard InChI is InChI=1S/C21H23F4N3O2/c1-20(7-8-20)17-11-18(28(27(17)2)12-14-4-3-9-30-14)26-19(29)15-10-13(21(23,24)25)5-6-16(15)22/h5-6,10-11,14H,3-4,7-9,12H2,1-2H3/b26-18-. The molecule has 1 aromatic heterocycles. The van der Waals surface area contributed by atoms with Crippen LogP contribution in [-0.4, -0.2) is 28.0 Å². The number of hydrogen-bond donors (Lipinski definition) is 0. The van der Waals surface area contributed by atoms with Crippen LogP contribution in [0.15, 0.2) is 29.3 Å². The van der Waals surface area contributed by atoms with Crippen LogP contribution in [0.3, 0.4) is 0 Å². The summed E-state index contributed by atoms with van der Waals surface area (Å²) in [5.74, 6) is -2.08. The minimum Gasteiger partial charge on any atom is -0.376 e. The van der Waals surface area contributed by atoms with E-state index in [-0.39, 0.29) is 17.0 Å². The second kappa shape index (κ2) is 7.37. The number of carbonyl (C=O) groups is 1. The summed E-state index contributed by atoms with van der Waals surface area (Å²) in [5, 5.41) is 0. The lowest BCUT2D eigenvalue weighted by atomic mass is 10.1. The Bertz CT molecular complexity index is 1040. The first-order valence-electron chi connectivity index (χ1n) is 9.93. The van der Waals surface area contributed by atoms with Crippen molar-refractivity contribution in [3.8, 4) is 0 Å². The Hall–Kier alpha value is -2.42. The van der Waals surface area contributed by atoms with Gasteiger partial charge in [0.2, 0.25) is 0 Å². The molecule has 162 valence electrons. The number of ether oxygens (including phenoxy) is 1. The van der Waals surface area contributed by atoms with Crippen molar-refractivity contribution in [1.82, 2.24) is 9.36 Å². The molecule has 0 radical (unpaired) electrons. The normalized spacial score (nSPS) is 21.3. The first-order chi connectivity index (χ1) is 14.1. The third kappa shape index (κ3) is 3.95. The molecular weight excluding hydrogens is 402 g/mol. The van der Waals surface area contributed by atoms with Crippen LogP contribution >= 0.6 is 0 Å². The van der Waals surface area contributed by atoms with E-state index in [2.05, 4.69) is 11.9 Å². The van der Waals surface area contributed by atoms with Crippen molar-refractivity contribution in [2.45, 2.75) is 56.8 Å². The monoisotopic (exact) mass is 425 g/mol. The molecule has 1 atom stereocenters. The first kappa shape index (κ1) is 20.8. The lowest BCUT2D eigenvalue weighted by molar-refractivity contribution is -0.137. The van der Waals surface area contributed by atoms with Crippen molar-refractivity contribution in [3.63, 3.8) is 0 Å². The molecule has 4 rings (SSSR count). The highest BCUT2D eigenvalue weighted by atomic mass is 19.4. The second-order valence-electron chi connectivity index (χ2n) is 8.30. The molecule has 1 unspecified atom stereocenters. The molecule has 30 heavy (non-hydrogen) atoms. The zero-order valence-electron chi connectivity index (χ0n) is 16.8. The summed E-state index contributed by atoms with van der Waals surface area (Å²) in [6, 6.07) is 3.54. The molecule has 2 heterocycles. The van der Waals surface area contributed by atoms with Crippen LogP contribution in [0.1, 0.15) is 54.2 Å². The van der Waals surface area contributed by atoms with Gasteiger partial charge in [0, 0.05) is 30.8 Å². The van der Waals surface area contributed by atoms with Crippen molar-refractivity contribution in [2.75, 3.05) is 6.61 Å². The fourth-order valence-corrected chi connectivity index (χ4v) is 3.90. The number of hydrogen-bond acceptors (Lipinski definition) is 2. The first-order valence-corrected chi connectivity index (χ1v) is 9.93. The van der Waals surface area contributed by atoms with Gasteiger partial charge < -0.3 is 4.74 Å². The Morgan fingerprint density at radius 1 is 1.30 bits per heavy atom. The Morgan fingerprint density at radius 3 is 2.63 bits per heavy atom. The predicted molar refractivity (Wildman–Crippen MR) is 100 cm³/mol. The van der Waals surface area contributed by atoms with E-state index in [9.17, 15) is 22.4 Å². The maximum atomic E-state index is 14.1. The van der Waals surface area contributed by atoms with Crippen LogP contribution in [0.4, 0.5) is 17.6 Å². The molecule has 1 aromatic carbocycles. The highest BCUT2D eigenvalue weighted by molar-refractivity contribution is 5.95. The molecule has 1 amide bonds.